The molecule has 22 heavy (non-hydrogen) atoms. The molecule has 0 aliphatic carbocycles. The van der Waals surface area contributed by atoms with E-state index in [1.807, 2.05) is 18.2 Å². The summed E-state index contributed by atoms with van der Waals surface area (Å²) >= 11 is 0. The fourth-order valence-corrected chi connectivity index (χ4v) is 2.63. The predicted molar refractivity (Wildman–Crippen MR) is 82.7 cm³/mol. The molecule has 6 nitrogen and oxygen atoms in total. The minimum Gasteiger partial charge on any atom is -0.483 e. The molecule has 1 aliphatic heterocycles. The van der Waals surface area contributed by atoms with Gasteiger partial charge in [-0.05, 0) is 25.1 Å². The maximum Gasteiger partial charge on any atom is 0.264 e. The van der Waals surface area contributed by atoms with Crippen LogP contribution < -0.4 is 10.1 Å². The highest BCUT2D eigenvalue weighted by molar-refractivity contribution is 5.33. The van der Waals surface area contributed by atoms with Crippen LogP contribution in [0.25, 0.3) is 0 Å². The van der Waals surface area contributed by atoms with Gasteiger partial charge in [0.2, 0.25) is 0 Å². The number of benzene rings is 1. The summed E-state index contributed by atoms with van der Waals surface area (Å²) < 4.78 is 11.1. The Kier molecular flexibility index (Phi) is 4.70. The fraction of sp³-hybridized carbons (Fsp3) is 0.500. The quantitative estimate of drug-likeness (QED) is 0.908. The Morgan fingerprint density at radius 3 is 3.09 bits per heavy atom. The highest BCUT2D eigenvalue weighted by atomic mass is 16.5. The van der Waals surface area contributed by atoms with Crippen LogP contribution in [0.3, 0.4) is 0 Å². The van der Waals surface area contributed by atoms with E-state index >= 15 is 0 Å². The van der Waals surface area contributed by atoms with Crippen LogP contribution in [0.15, 0.2) is 28.8 Å². The Hall–Kier alpha value is -1.92. The van der Waals surface area contributed by atoms with E-state index in [4.69, 9.17) is 9.26 Å². The van der Waals surface area contributed by atoms with Gasteiger partial charge in [-0.2, -0.15) is 4.98 Å². The summed E-state index contributed by atoms with van der Waals surface area (Å²) in [6, 6.07) is 8.18. The largest absolute Gasteiger partial charge is 0.483 e. The molecule has 2 heterocycles. The first-order chi connectivity index (χ1) is 10.8. The molecule has 118 valence electrons. The van der Waals surface area contributed by atoms with Crippen molar-refractivity contribution in [3.05, 3.63) is 41.5 Å². The van der Waals surface area contributed by atoms with Crippen molar-refractivity contribution in [2.45, 2.75) is 26.0 Å². The van der Waals surface area contributed by atoms with Crippen molar-refractivity contribution in [3.8, 4) is 5.75 Å². The minimum absolute atomic E-state index is 0.161. The number of ether oxygens (including phenoxy) is 1. The summed E-state index contributed by atoms with van der Waals surface area (Å²) in [6.45, 7) is 5.23. The Morgan fingerprint density at radius 2 is 2.27 bits per heavy atom. The van der Waals surface area contributed by atoms with Gasteiger partial charge in [-0.15, -0.1) is 0 Å². The van der Waals surface area contributed by atoms with E-state index in [0.29, 0.717) is 12.5 Å². The summed E-state index contributed by atoms with van der Waals surface area (Å²) in [5, 5.41) is 7.45. The molecule has 1 aliphatic rings. The van der Waals surface area contributed by atoms with Crippen molar-refractivity contribution in [2.75, 3.05) is 26.7 Å². The number of aromatic nitrogens is 2. The average Bonchev–Trinajstić information content (AvgIpc) is 3.02. The van der Waals surface area contributed by atoms with Crippen LogP contribution in [0, 0.1) is 0 Å². The van der Waals surface area contributed by atoms with Crippen LogP contribution in [0.2, 0.25) is 0 Å². The van der Waals surface area contributed by atoms with Crippen molar-refractivity contribution in [1.29, 1.82) is 0 Å². The summed E-state index contributed by atoms with van der Waals surface area (Å²) in [4.78, 5) is 6.70. The van der Waals surface area contributed by atoms with Gasteiger partial charge in [0.25, 0.3) is 5.89 Å². The molecule has 0 amide bonds. The molecule has 1 unspecified atom stereocenters. The zero-order valence-corrected chi connectivity index (χ0v) is 13.1. The van der Waals surface area contributed by atoms with Gasteiger partial charge in [0.05, 0.1) is 6.04 Å². The SMILES string of the molecule is CCc1ccccc1OCc1nc(C2CNCCN2C)no1. The number of nitrogens with one attached hydrogen (secondary N) is 1. The third-order valence-corrected chi connectivity index (χ3v) is 4.00. The molecule has 1 aromatic carbocycles. The van der Waals surface area contributed by atoms with Crippen LogP contribution >= 0.6 is 0 Å². The molecular weight excluding hydrogens is 280 g/mol. The standard InChI is InChI=1S/C16H22N4O2/c1-3-12-6-4-5-7-14(12)21-11-15-18-16(19-22-15)13-10-17-8-9-20(13)2/h4-7,13,17H,3,8-11H2,1-2H3. The molecule has 0 spiro atoms. The molecule has 1 atom stereocenters. The second-order valence-corrected chi connectivity index (χ2v) is 5.50. The van der Waals surface area contributed by atoms with E-state index in [-0.39, 0.29) is 6.04 Å². The number of aryl methyl sites for hydroxylation is 1. The lowest BCUT2D eigenvalue weighted by molar-refractivity contribution is 0.189. The predicted octanol–water partition coefficient (Wildman–Crippen LogP) is 1.79. The Bertz CT molecular complexity index is 614. The number of hydrogen-bond donors (Lipinski definition) is 1. The topological polar surface area (TPSA) is 63.4 Å². The Morgan fingerprint density at radius 1 is 1.41 bits per heavy atom. The zero-order chi connectivity index (χ0) is 15.4. The van der Waals surface area contributed by atoms with E-state index in [1.165, 1.54) is 5.56 Å². The van der Waals surface area contributed by atoms with E-state index in [0.717, 1.165) is 37.6 Å². The van der Waals surface area contributed by atoms with Crippen molar-refractivity contribution >= 4 is 0 Å². The smallest absolute Gasteiger partial charge is 0.264 e. The molecule has 1 N–H and O–H groups in total. The average molecular weight is 302 g/mol. The number of nitrogens with zero attached hydrogens (tertiary/aromatic N) is 3. The third kappa shape index (κ3) is 3.28. The van der Waals surface area contributed by atoms with Gasteiger partial charge in [-0.1, -0.05) is 30.3 Å². The van der Waals surface area contributed by atoms with Crippen LogP contribution in [-0.4, -0.2) is 41.7 Å². The third-order valence-electron chi connectivity index (χ3n) is 4.00. The maximum atomic E-state index is 5.82. The van der Waals surface area contributed by atoms with Crippen molar-refractivity contribution < 1.29 is 9.26 Å². The summed E-state index contributed by atoms with van der Waals surface area (Å²) in [6.07, 6.45) is 0.934. The molecule has 1 saturated heterocycles. The number of hydrogen-bond acceptors (Lipinski definition) is 6. The lowest BCUT2D eigenvalue weighted by Crippen LogP contribution is -2.44. The van der Waals surface area contributed by atoms with Gasteiger partial charge in [0.1, 0.15) is 5.75 Å². The van der Waals surface area contributed by atoms with Crippen molar-refractivity contribution in [1.82, 2.24) is 20.4 Å². The summed E-state index contributed by atoms with van der Waals surface area (Å²) in [5.74, 6) is 2.11. The second-order valence-electron chi connectivity index (χ2n) is 5.50. The fourth-order valence-electron chi connectivity index (χ4n) is 2.63. The molecule has 1 aromatic heterocycles. The normalized spacial score (nSPS) is 19.3. The van der Waals surface area contributed by atoms with Gasteiger partial charge >= 0.3 is 0 Å². The van der Waals surface area contributed by atoms with Crippen LogP contribution in [0.1, 0.15) is 30.2 Å². The maximum absolute atomic E-state index is 5.82. The molecule has 6 heteroatoms. The van der Waals surface area contributed by atoms with Crippen molar-refractivity contribution in [2.24, 2.45) is 0 Å². The number of likely N-dealkylation sites (N-methyl/N-ethyl adjacent to an activating group) is 1. The zero-order valence-electron chi connectivity index (χ0n) is 13.1. The lowest BCUT2D eigenvalue weighted by Gasteiger charge is -2.30. The first-order valence-corrected chi connectivity index (χ1v) is 7.72. The lowest BCUT2D eigenvalue weighted by atomic mass is 10.1. The van der Waals surface area contributed by atoms with Gasteiger partial charge < -0.3 is 14.6 Å². The number of rotatable bonds is 5. The molecule has 3 rings (SSSR count). The molecule has 2 aromatic rings. The number of piperazine rings is 1. The van der Waals surface area contributed by atoms with E-state index in [9.17, 15) is 0 Å². The highest BCUT2D eigenvalue weighted by Gasteiger charge is 2.25. The van der Waals surface area contributed by atoms with Crippen LogP contribution in [0.5, 0.6) is 5.75 Å². The molecule has 0 bridgehead atoms. The molecule has 0 radical (unpaired) electrons. The van der Waals surface area contributed by atoms with Gasteiger partial charge in [0, 0.05) is 19.6 Å². The number of para-hydroxylation sites is 1. The first kappa shape index (κ1) is 15.0. The Balaban J connectivity index is 1.64. The van der Waals surface area contributed by atoms with Gasteiger partial charge in [0.15, 0.2) is 12.4 Å². The minimum atomic E-state index is 0.161. The molecule has 1 fully saturated rings. The second kappa shape index (κ2) is 6.89. The van der Waals surface area contributed by atoms with E-state index < -0.39 is 0 Å². The summed E-state index contributed by atoms with van der Waals surface area (Å²) in [7, 11) is 2.08. The van der Waals surface area contributed by atoms with Gasteiger partial charge in [-0.25, -0.2) is 0 Å². The van der Waals surface area contributed by atoms with Gasteiger partial charge in [-0.3, -0.25) is 4.90 Å². The summed E-state index contributed by atoms with van der Waals surface area (Å²) in [5.41, 5.74) is 1.18. The molecular formula is C16H22N4O2. The van der Waals surface area contributed by atoms with E-state index in [1.54, 1.807) is 0 Å². The molecule has 0 saturated carbocycles. The van der Waals surface area contributed by atoms with Crippen molar-refractivity contribution in [3.63, 3.8) is 0 Å². The van der Waals surface area contributed by atoms with Crippen LogP contribution in [0.4, 0.5) is 0 Å². The Labute approximate surface area is 130 Å². The monoisotopic (exact) mass is 302 g/mol. The van der Waals surface area contributed by atoms with Crippen LogP contribution in [-0.2, 0) is 13.0 Å². The highest BCUT2D eigenvalue weighted by Crippen LogP contribution is 2.21. The van der Waals surface area contributed by atoms with E-state index in [2.05, 4.69) is 40.4 Å². The first-order valence-electron chi connectivity index (χ1n) is 7.72.